The van der Waals surface area contributed by atoms with Gasteiger partial charge in [0.15, 0.2) is 0 Å². The zero-order chi connectivity index (χ0) is 24.1. The van der Waals surface area contributed by atoms with Gasteiger partial charge in [0.25, 0.3) is 5.91 Å². The number of hydrogen-bond donors (Lipinski definition) is 1. The van der Waals surface area contributed by atoms with Crippen LogP contribution in [0, 0.1) is 6.92 Å². The molecule has 0 radical (unpaired) electrons. The summed E-state index contributed by atoms with van der Waals surface area (Å²) in [5, 5.41) is 3.02. The first-order valence-electron chi connectivity index (χ1n) is 11.6. The molecule has 4 rings (SSSR count). The first-order chi connectivity index (χ1) is 16.4. The molecule has 0 atom stereocenters. The van der Waals surface area contributed by atoms with Crippen molar-refractivity contribution < 1.29 is 13.2 Å². The van der Waals surface area contributed by atoms with Crippen LogP contribution in [0.2, 0.25) is 0 Å². The summed E-state index contributed by atoms with van der Waals surface area (Å²) in [6, 6.07) is 22.5. The Balaban J connectivity index is 1.37. The second-order valence-corrected chi connectivity index (χ2v) is 10.6. The third kappa shape index (κ3) is 5.55. The van der Waals surface area contributed by atoms with E-state index in [0.29, 0.717) is 43.2 Å². The van der Waals surface area contributed by atoms with Gasteiger partial charge in [0.1, 0.15) is 0 Å². The maximum Gasteiger partial charge on any atom is 0.255 e. The highest BCUT2D eigenvalue weighted by molar-refractivity contribution is 7.89. The molecule has 6 nitrogen and oxygen atoms in total. The minimum atomic E-state index is -3.47. The Labute approximate surface area is 202 Å². The molecule has 0 aliphatic carbocycles. The lowest BCUT2D eigenvalue weighted by molar-refractivity contribution is 0.102. The van der Waals surface area contributed by atoms with Gasteiger partial charge in [-0.1, -0.05) is 55.0 Å². The molecule has 0 unspecified atom stereocenters. The van der Waals surface area contributed by atoms with Gasteiger partial charge < -0.3 is 5.32 Å². The monoisotopic (exact) mass is 477 g/mol. The summed E-state index contributed by atoms with van der Waals surface area (Å²) in [6.45, 7) is 6.87. The highest BCUT2D eigenvalue weighted by atomic mass is 32.2. The molecular formula is C27H31N3O3S. The van der Waals surface area contributed by atoms with Crippen LogP contribution in [0.4, 0.5) is 5.69 Å². The van der Waals surface area contributed by atoms with Crippen molar-refractivity contribution >= 4 is 21.6 Å². The molecule has 0 spiro atoms. The Kier molecular flexibility index (Phi) is 7.46. The fraction of sp³-hybridized carbons (Fsp3) is 0.296. The van der Waals surface area contributed by atoms with Gasteiger partial charge in [0.2, 0.25) is 10.0 Å². The van der Waals surface area contributed by atoms with Crippen molar-refractivity contribution in [2.24, 2.45) is 0 Å². The number of nitrogens with zero attached hydrogens (tertiary/aromatic N) is 2. The van der Waals surface area contributed by atoms with E-state index in [0.717, 1.165) is 28.8 Å². The molecule has 3 aromatic rings. The Morgan fingerprint density at radius 3 is 2.32 bits per heavy atom. The standard InChI is InChI=1S/C27H31N3O3S/c1-3-23-8-4-5-10-26(23)28-27(31)24-9-6-7-22(19-24)20-29-15-17-30(18-16-29)34(32,33)25-13-11-21(2)12-14-25/h4-14,19H,3,15-18,20H2,1-2H3,(H,28,31). The number of nitrogens with one attached hydrogen (secondary N) is 1. The zero-order valence-electron chi connectivity index (χ0n) is 19.7. The van der Waals surface area contributed by atoms with Crippen molar-refractivity contribution in [2.45, 2.75) is 31.7 Å². The molecule has 0 aromatic heterocycles. The minimum Gasteiger partial charge on any atom is -0.322 e. The summed E-state index contributed by atoms with van der Waals surface area (Å²) < 4.78 is 27.4. The molecule has 3 aromatic carbocycles. The Bertz CT molecular complexity index is 1250. The molecule has 1 N–H and O–H groups in total. The SMILES string of the molecule is CCc1ccccc1NC(=O)c1cccc(CN2CCN(S(=O)(=O)c3ccc(C)cc3)CC2)c1. The summed E-state index contributed by atoms with van der Waals surface area (Å²) >= 11 is 0. The first-order valence-corrected chi connectivity index (χ1v) is 13.1. The predicted molar refractivity (Wildman–Crippen MR) is 135 cm³/mol. The van der Waals surface area contributed by atoms with Crippen LogP contribution in [-0.2, 0) is 23.0 Å². The van der Waals surface area contributed by atoms with Gasteiger partial charge >= 0.3 is 0 Å². The van der Waals surface area contributed by atoms with Gasteiger partial charge in [-0.25, -0.2) is 8.42 Å². The zero-order valence-corrected chi connectivity index (χ0v) is 20.5. The molecule has 1 fully saturated rings. The number of aryl methyl sites for hydroxylation is 2. The van der Waals surface area contributed by atoms with E-state index in [-0.39, 0.29) is 5.91 Å². The summed E-state index contributed by atoms with van der Waals surface area (Å²) in [5.74, 6) is -0.128. The molecule has 1 aliphatic heterocycles. The average Bonchev–Trinajstić information content (AvgIpc) is 2.85. The van der Waals surface area contributed by atoms with Crippen molar-refractivity contribution in [1.29, 1.82) is 0 Å². The third-order valence-electron chi connectivity index (χ3n) is 6.23. The number of rotatable bonds is 7. The molecule has 178 valence electrons. The van der Waals surface area contributed by atoms with Gasteiger partial charge in [-0.05, 0) is 54.8 Å². The van der Waals surface area contributed by atoms with E-state index < -0.39 is 10.0 Å². The molecule has 0 bridgehead atoms. The van der Waals surface area contributed by atoms with Crippen LogP contribution >= 0.6 is 0 Å². The van der Waals surface area contributed by atoms with Crippen molar-refractivity contribution in [3.8, 4) is 0 Å². The summed E-state index contributed by atoms with van der Waals surface area (Å²) in [4.78, 5) is 15.4. The number of benzene rings is 3. The molecule has 1 aliphatic rings. The number of carbonyl (C=O) groups excluding carboxylic acids is 1. The van der Waals surface area contributed by atoms with E-state index in [9.17, 15) is 13.2 Å². The minimum absolute atomic E-state index is 0.128. The average molecular weight is 478 g/mol. The van der Waals surface area contributed by atoms with Crippen LogP contribution in [0.3, 0.4) is 0 Å². The van der Waals surface area contributed by atoms with E-state index in [1.54, 1.807) is 16.4 Å². The maximum atomic E-state index is 12.9. The van der Waals surface area contributed by atoms with Gasteiger partial charge in [0.05, 0.1) is 4.90 Å². The van der Waals surface area contributed by atoms with Gasteiger partial charge in [-0.2, -0.15) is 4.31 Å². The highest BCUT2D eigenvalue weighted by Crippen LogP contribution is 2.20. The van der Waals surface area contributed by atoms with Gasteiger partial charge in [-0.15, -0.1) is 0 Å². The largest absolute Gasteiger partial charge is 0.322 e. The third-order valence-corrected chi connectivity index (χ3v) is 8.14. The lowest BCUT2D eigenvalue weighted by atomic mass is 10.1. The van der Waals surface area contributed by atoms with Crippen LogP contribution in [0.25, 0.3) is 0 Å². The molecule has 1 amide bonds. The van der Waals surface area contributed by atoms with E-state index in [1.165, 1.54) is 0 Å². The lowest BCUT2D eigenvalue weighted by Crippen LogP contribution is -2.48. The number of sulfonamides is 1. The second kappa shape index (κ2) is 10.5. The second-order valence-electron chi connectivity index (χ2n) is 8.66. The molecule has 7 heteroatoms. The fourth-order valence-electron chi connectivity index (χ4n) is 4.20. The Morgan fingerprint density at radius 1 is 0.912 bits per heavy atom. The molecular weight excluding hydrogens is 446 g/mol. The van der Waals surface area contributed by atoms with E-state index in [1.807, 2.05) is 67.6 Å². The topological polar surface area (TPSA) is 69.7 Å². The Morgan fingerprint density at radius 2 is 1.62 bits per heavy atom. The van der Waals surface area contributed by atoms with Crippen molar-refractivity contribution in [1.82, 2.24) is 9.21 Å². The summed E-state index contributed by atoms with van der Waals surface area (Å²) in [7, 11) is -3.47. The smallest absolute Gasteiger partial charge is 0.255 e. The molecule has 34 heavy (non-hydrogen) atoms. The normalized spacial score (nSPS) is 15.2. The number of amides is 1. The lowest BCUT2D eigenvalue weighted by Gasteiger charge is -2.34. The van der Waals surface area contributed by atoms with E-state index in [2.05, 4.69) is 17.1 Å². The summed E-state index contributed by atoms with van der Waals surface area (Å²) in [6.07, 6.45) is 0.849. The van der Waals surface area contributed by atoms with Crippen LogP contribution in [0.1, 0.15) is 34.0 Å². The quantitative estimate of drug-likeness (QED) is 0.550. The van der Waals surface area contributed by atoms with Crippen LogP contribution < -0.4 is 5.32 Å². The van der Waals surface area contributed by atoms with Crippen LogP contribution in [0.15, 0.2) is 77.7 Å². The first kappa shape index (κ1) is 24.1. The fourth-order valence-corrected chi connectivity index (χ4v) is 5.62. The number of hydrogen-bond acceptors (Lipinski definition) is 4. The van der Waals surface area contributed by atoms with Crippen molar-refractivity contribution in [3.63, 3.8) is 0 Å². The molecule has 1 saturated heterocycles. The Hall–Kier alpha value is -3.00. The van der Waals surface area contributed by atoms with Crippen molar-refractivity contribution in [2.75, 3.05) is 31.5 Å². The summed E-state index contributed by atoms with van der Waals surface area (Å²) in [5.41, 5.74) is 4.63. The number of para-hydroxylation sites is 1. The van der Waals surface area contributed by atoms with E-state index in [4.69, 9.17) is 0 Å². The van der Waals surface area contributed by atoms with Crippen molar-refractivity contribution in [3.05, 3.63) is 95.1 Å². The molecule has 0 saturated carbocycles. The van der Waals surface area contributed by atoms with Crippen LogP contribution in [0.5, 0.6) is 0 Å². The maximum absolute atomic E-state index is 12.9. The number of piperazine rings is 1. The van der Waals surface area contributed by atoms with Crippen LogP contribution in [-0.4, -0.2) is 49.7 Å². The predicted octanol–water partition coefficient (Wildman–Crippen LogP) is 4.32. The van der Waals surface area contributed by atoms with Gasteiger partial charge in [0, 0.05) is 44.0 Å². The number of anilines is 1. The van der Waals surface area contributed by atoms with E-state index >= 15 is 0 Å². The van der Waals surface area contributed by atoms with Gasteiger partial charge in [-0.3, -0.25) is 9.69 Å². The highest BCUT2D eigenvalue weighted by Gasteiger charge is 2.28. The number of carbonyl (C=O) groups is 1. The molecule has 1 heterocycles.